The van der Waals surface area contributed by atoms with Gasteiger partial charge in [-0.1, -0.05) is 32.3 Å². The van der Waals surface area contributed by atoms with Crippen molar-refractivity contribution in [2.45, 2.75) is 52.4 Å². The van der Waals surface area contributed by atoms with Gasteiger partial charge in [-0.15, -0.1) is 0 Å². The molecular weight excluding hydrogens is 210 g/mol. The lowest BCUT2D eigenvalue weighted by Gasteiger charge is -2.32. The number of ketones is 1. The molecular formula is C15H21NO. The summed E-state index contributed by atoms with van der Waals surface area (Å²) in [6.07, 6.45) is 8.07. The van der Waals surface area contributed by atoms with Gasteiger partial charge in [-0.3, -0.25) is 9.78 Å². The fourth-order valence-corrected chi connectivity index (χ4v) is 2.68. The molecule has 0 unspecified atom stereocenters. The van der Waals surface area contributed by atoms with Crippen molar-refractivity contribution in [3.63, 3.8) is 0 Å². The van der Waals surface area contributed by atoms with Crippen LogP contribution in [0.3, 0.4) is 0 Å². The highest BCUT2D eigenvalue weighted by Gasteiger charge is 2.34. The van der Waals surface area contributed by atoms with Crippen molar-refractivity contribution in [3.05, 3.63) is 29.6 Å². The van der Waals surface area contributed by atoms with Gasteiger partial charge in [0.2, 0.25) is 0 Å². The van der Waals surface area contributed by atoms with Crippen LogP contribution in [-0.4, -0.2) is 10.8 Å². The minimum Gasteiger partial charge on any atom is -0.299 e. The van der Waals surface area contributed by atoms with E-state index in [1.807, 2.05) is 19.1 Å². The number of aryl methyl sites for hydroxylation is 1. The minimum atomic E-state index is -0.0950. The standard InChI is InChI=1S/C15H21NO/c1-12-7-6-10-16-13(12)11-14(17)15(2)8-4-3-5-9-15/h6-7,10H,3-5,8-9,11H2,1-2H3. The second-order valence-corrected chi connectivity index (χ2v) is 5.49. The molecule has 1 fully saturated rings. The number of hydrogen-bond acceptors (Lipinski definition) is 2. The molecule has 1 aromatic rings. The topological polar surface area (TPSA) is 30.0 Å². The first-order chi connectivity index (χ1) is 8.12. The molecule has 0 saturated heterocycles. The summed E-state index contributed by atoms with van der Waals surface area (Å²) in [5, 5.41) is 0. The Bertz CT molecular complexity index is 405. The lowest BCUT2D eigenvalue weighted by atomic mass is 9.71. The number of Topliss-reactive ketones (excluding diaryl/α,β-unsaturated/α-hetero) is 1. The molecule has 0 aliphatic heterocycles. The predicted octanol–water partition coefficient (Wildman–Crippen LogP) is 3.47. The van der Waals surface area contributed by atoms with Crippen LogP contribution in [-0.2, 0) is 11.2 Å². The summed E-state index contributed by atoms with van der Waals surface area (Å²) in [5.74, 6) is 0.374. The lowest BCUT2D eigenvalue weighted by Crippen LogP contribution is -2.31. The normalized spacial score (nSPS) is 18.9. The third-order valence-electron chi connectivity index (χ3n) is 4.08. The molecule has 0 radical (unpaired) electrons. The largest absolute Gasteiger partial charge is 0.299 e. The number of hydrogen-bond donors (Lipinski definition) is 0. The molecule has 1 aliphatic carbocycles. The number of nitrogens with zero attached hydrogens (tertiary/aromatic N) is 1. The van der Waals surface area contributed by atoms with Crippen LogP contribution in [0.4, 0.5) is 0 Å². The van der Waals surface area contributed by atoms with Gasteiger partial charge < -0.3 is 0 Å². The SMILES string of the molecule is Cc1cccnc1CC(=O)C1(C)CCCCC1. The molecule has 0 bridgehead atoms. The van der Waals surface area contributed by atoms with E-state index in [9.17, 15) is 4.79 Å². The van der Waals surface area contributed by atoms with Gasteiger partial charge in [0.25, 0.3) is 0 Å². The maximum atomic E-state index is 12.4. The van der Waals surface area contributed by atoms with E-state index in [2.05, 4.69) is 11.9 Å². The lowest BCUT2D eigenvalue weighted by molar-refractivity contribution is -0.128. The highest BCUT2D eigenvalue weighted by atomic mass is 16.1. The summed E-state index contributed by atoms with van der Waals surface area (Å²) in [6.45, 7) is 4.16. The number of carbonyl (C=O) groups is 1. The highest BCUT2D eigenvalue weighted by molar-refractivity contribution is 5.86. The summed E-state index contributed by atoms with van der Waals surface area (Å²) < 4.78 is 0. The Balaban J connectivity index is 2.08. The summed E-state index contributed by atoms with van der Waals surface area (Å²) in [7, 11) is 0. The third kappa shape index (κ3) is 2.74. The van der Waals surface area contributed by atoms with Gasteiger partial charge in [0.1, 0.15) is 5.78 Å². The molecule has 2 heteroatoms. The maximum absolute atomic E-state index is 12.4. The Labute approximate surface area is 103 Å². The summed E-state index contributed by atoms with van der Waals surface area (Å²) in [4.78, 5) is 16.7. The fourth-order valence-electron chi connectivity index (χ4n) is 2.68. The zero-order chi connectivity index (χ0) is 12.3. The van der Waals surface area contributed by atoms with Crippen LogP contribution in [0.25, 0.3) is 0 Å². The van der Waals surface area contributed by atoms with Crippen molar-refractivity contribution in [2.24, 2.45) is 5.41 Å². The van der Waals surface area contributed by atoms with Crippen molar-refractivity contribution < 1.29 is 4.79 Å². The second-order valence-electron chi connectivity index (χ2n) is 5.49. The van der Waals surface area contributed by atoms with Crippen molar-refractivity contribution in [2.75, 3.05) is 0 Å². The van der Waals surface area contributed by atoms with E-state index < -0.39 is 0 Å². The zero-order valence-electron chi connectivity index (χ0n) is 10.8. The number of rotatable bonds is 3. The average molecular weight is 231 g/mol. The molecule has 1 aliphatic rings. The van der Waals surface area contributed by atoms with E-state index in [-0.39, 0.29) is 5.41 Å². The zero-order valence-corrected chi connectivity index (χ0v) is 10.8. The molecule has 1 heterocycles. The molecule has 92 valence electrons. The molecule has 2 nitrogen and oxygen atoms in total. The third-order valence-corrected chi connectivity index (χ3v) is 4.08. The number of pyridine rings is 1. The van der Waals surface area contributed by atoms with Crippen molar-refractivity contribution in [1.82, 2.24) is 4.98 Å². The minimum absolute atomic E-state index is 0.0950. The molecule has 1 aromatic heterocycles. The first kappa shape index (κ1) is 12.3. The first-order valence-corrected chi connectivity index (χ1v) is 6.56. The van der Waals surface area contributed by atoms with Gasteiger partial charge in [0.05, 0.1) is 5.69 Å². The Kier molecular flexibility index (Phi) is 3.60. The van der Waals surface area contributed by atoms with E-state index in [4.69, 9.17) is 0 Å². The molecule has 0 amide bonds. The van der Waals surface area contributed by atoms with E-state index in [1.54, 1.807) is 6.20 Å². The summed E-state index contributed by atoms with van der Waals surface area (Å²) in [6, 6.07) is 3.95. The van der Waals surface area contributed by atoms with Crippen LogP contribution in [0.5, 0.6) is 0 Å². The van der Waals surface area contributed by atoms with Gasteiger partial charge in [0, 0.05) is 18.0 Å². The van der Waals surface area contributed by atoms with Crippen LogP contribution in [0.2, 0.25) is 0 Å². The molecule has 1 saturated carbocycles. The summed E-state index contributed by atoms with van der Waals surface area (Å²) in [5.41, 5.74) is 1.98. The van der Waals surface area contributed by atoms with E-state index >= 15 is 0 Å². The smallest absolute Gasteiger partial charge is 0.144 e. The average Bonchev–Trinajstić information content (AvgIpc) is 2.33. The van der Waals surface area contributed by atoms with Gasteiger partial charge in [-0.05, 0) is 31.4 Å². The highest BCUT2D eigenvalue weighted by Crippen LogP contribution is 2.37. The Hall–Kier alpha value is -1.18. The maximum Gasteiger partial charge on any atom is 0.144 e. The van der Waals surface area contributed by atoms with E-state index in [0.717, 1.165) is 24.1 Å². The first-order valence-electron chi connectivity index (χ1n) is 6.56. The Morgan fingerprint density at radius 3 is 2.71 bits per heavy atom. The van der Waals surface area contributed by atoms with Gasteiger partial charge in [-0.2, -0.15) is 0 Å². The molecule has 0 atom stereocenters. The monoisotopic (exact) mass is 231 g/mol. The van der Waals surface area contributed by atoms with Crippen LogP contribution >= 0.6 is 0 Å². The number of carbonyl (C=O) groups excluding carboxylic acids is 1. The van der Waals surface area contributed by atoms with Crippen LogP contribution in [0.1, 0.15) is 50.3 Å². The summed E-state index contributed by atoms with van der Waals surface area (Å²) >= 11 is 0. The molecule has 0 spiro atoms. The predicted molar refractivity (Wildman–Crippen MR) is 68.9 cm³/mol. The van der Waals surface area contributed by atoms with Gasteiger partial charge in [-0.25, -0.2) is 0 Å². The number of aromatic nitrogens is 1. The van der Waals surface area contributed by atoms with Crippen LogP contribution in [0, 0.1) is 12.3 Å². The molecule has 2 rings (SSSR count). The van der Waals surface area contributed by atoms with Gasteiger partial charge >= 0.3 is 0 Å². The van der Waals surface area contributed by atoms with Gasteiger partial charge in [0.15, 0.2) is 0 Å². The van der Waals surface area contributed by atoms with E-state index in [0.29, 0.717) is 12.2 Å². The second kappa shape index (κ2) is 4.99. The molecule has 0 aromatic carbocycles. The van der Waals surface area contributed by atoms with Crippen LogP contribution < -0.4 is 0 Å². The molecule has 0 N–H and O–H groups in total. The van der Waals surface area contributed by atoms with Crippen molar-refractivity contribution in [1.29, 1.82) is 0 Å². The van der Waals surface area contributed by atoms with Crippen LogP contribution in [0.15, 0.2) is 18.3 Å². The molecule has 17 heavy (non-hydrogen) atoms. The fraction of sp³-hybridized carbons (Fsp3) is 0.600. The van der Waals surface area contributed by atoms with E-state index in [1.165, 1.54) is 19.3 Å². The Morgan fingerprint density at radius 2 is 2.06 bits per heavy atom. The van der Waals surface area contributed by atoms with Crippen molar-refractivity contribution in [3.8, 4) is 0 Å². The van der Waals surface area contributed by atoms with Crippen molar-refractivity contribution >= 4 is 5.78 Å². The quantitative estimate of drug-likeness (QED) is 0.797. The Morgan fingerprint density at radius 1 is 1.35 bits per heavy atom.